The van der Waals surface area contributed by atoms with Gasteiger partial charge in [-0.15, -0.1) is 0 Å². The third kappa shape index (κ3) is 2.57. The molecule has 0 radical (unpaired) electrons. The van der Waals surface area contributed by atoms with E-state index in [0.717, 1.165) is 11.1 Å². The molecule has 0 aliphatic heterocycles. The number of aromatic nitrogens is 1. The molecular weight excluding hydrogens is 162 g/mol. The SMILES string of the molecule is N#CCCc1cnccc1CC#N. The largest absolute Gasteiger partial charge is 0.264 e. The summed E-state index contributed by atoms with van der Waals surface area (Å²) in [6.07, 6.45) is 4.95. The molecule has 3 heteroatoms. The first kappa shape index (κ1) is 9.22. The minimum Gasteiger partial charge on any atom is -0.264 e. The highest BCUT2D eigenvalue weighted by Gasteiger charge is 2.00. The summed E-state index contributed by atoms with van der Waals surface area (Å²) in [7, 11) is 0. The monoisotopic (exact) mass is 171 g/mol. The highest BCUT2D eigenvalue weighted by molar-refractivity contribution is 5.26. The Morgan fingerprint density at radius 1 is 1.23 bits per heavy atom. The summed E-state index contributed by atoms with van der Waals surface area (Å²) in [5.41, 5.74) is 1.98. The number of pyridine rings is 1. The average molecular weight is 171 g/mol. The number of hydrogen-bond donors (Lipinski definition) is 0. The number of nitrogens with zero attached hydrogens (tertiary/aromatic N) is 3. The molecule has 1 rings (SSSR count). The van der Waals surface area contributed by atoms with Gasteiger partial charge < -0.3 is 0 Å². The van der Waals surface area contributed by atoms with E-state index < -0.39 is 0 Å². The van der Waals surface area contributed by atoms with Crippen LogP contribution in [-0.4, -0.2) is 4.98 Å². The number of rotatable bonds is 3. The van der Waals surface area contributed by atoms with E-state index in [1.54, 1.807) is 12.4 Å². The summed E-state index contributed by atoms with van der Waals surface area (Å²) in [6.45, 7) is 0. The highest BCUT2D eigenvalue weighted by Crippen LogP contribution is 2.09. The first-order valence-corrected chi connectivity index (χ1v) is 4.04. The van der Waals surface area contributed by atoms with Gasteiger partial charge in [0.15, 0.2) is 0 Å². The Kier molecular flexibility index (Phi) is 3.47. The maximum Gasteiger partial charge on any atom is 0.0669 e. The second-order valence-corrected chi connectivity index (χ2v) is 2.64. The van der Waals surface area contributed by atoms with E-state index in [0.29, 0.717) is 19.3 Å². The first-order chi connectivity index (χ1) is 6.38. The highest BCUT2D eigenvalue weighted by atomic mass is 14.6. The van der Waals surface area contributed by atoms with Gasteiger partial charge in [-0.1, -0.05) is 0 Å². The van der Waals surface area contributed by atoms with E-state index in [1.165, 1.54) is 0 Å². The molecule has 0 saturated heterocycles. The summed E-state index contributed by atoms with van der Waals surface area (Å²) in [6, 6.07) is 5.99. The van der Waals surface area contributed by atoms with E-state index in [-0.39, 0.29) is 0 Å². The molecule has 0 aromatic carbocycles. The molecule has 13 heavy (non-hydrogen) atoms. The van der Waals surface area contributed by atoms with Crippen molar-refractivity contribution in [2.24, 2.45) is 0 Å². The van der Waals surface area contributed by atoms with Crippen molar-refractivity contribution in [3.63, 3.8) is 0 Å². The van der Waals surface area contributed by atoms with Gasteiger partial charge in [-0.2, -0.15) is 10.5 Å². The van der Waals surface area contributed by atoms with Crippen molar-refractivity contribution in [2.75, 3.05) is 0 Å². The lowest BCUT2D eigenvalue weighted by Crippen LogP contribution is -1.93. The van der Waals surface area contributed by atoms with Gasteiger partial charge in [0.25, 0.3) is 0 Å². The van der Waals surface area contributed by atoms with Crippen molar-refractivity contribution in [1.29, 1.82) is 10.5 Å². The summed E-state index contributed by atoms with van der Waals surface area (Å²) < 4.78 is 0. The lowest BCUT2D eigenvalue weighted by molar-refractivity contribution is 0.969. The molecule has 0 fully saturated rings. The van der Waals surface area contributed by atoms with Gasteiger partial charge in [0.05, 0.1) is 18.6 Å². The van der Waals surface area contributed by atoms with E-state index in [4.69, 9.17) is 10.5 Å². The Labute approximate surface area is 77.3 Å². The van der Waals surface area contributed by atoms with Gasteiger partial charge in [-0.05, 0) is 23.6 Å². The fraction of sp³-hybridized carbons (Fsp3) is 0.300. The van der Waals surface area contributed by atoms with Crippen LogP contribution in [0.5, 0.6) is 0 Å². The van der Waals surface area contributed by atoms with Gasteiger partial charge in [-0.3, -0.25) is 4.98 Å². The smallest absolute Gasteiger partial charge is 0.0669 e. The third-order valence-corrected chi connectivity index (χ3v) is 1.78. The van der Waals surface area contributed by atoms with Gasteiger partial charge in [-0.25, -0.2) is 0 Å². The quantitative estimate of drug-likeness (QED) is 0.694. The van der Waals surface area contributed by atoms with Crippen LogP contribution in [0.3, 0.4) is 0 Å². The van der Waals surface area contributed by atoms with Crippen LogP contribution in [-0.2, 0) is 12.8 Å². The number of aryl methyl sites for hydroxylation is 1. The minimum atomic E-state index is 0.392. The van der Waals surface area contributed by atoms with Crippen LogP contribution < -0.4 is 0 Å². The molecule has 0 saturated carbocycles. The molecule has 64 valence electrons. The van der Waals surface area contributed by atoms with Crippen LogP contribution >= 0.6 is 0 Å². The Balaban J connectivity index is 2.80. The number of hydrogen-bond acceptors (Lipinski definition) is 3. The van der Waals surface area contributed by atoms with E-state index in [2.05, 4.69) is 17.1 Å². The average Bonchev–Trinajstić information content (AvgIpc) is 2.17. The topological polar surface area (TPSA) is 60.5 Å². The van der Waals surface area contributed by atoms with Gasteiger partial charge >= 0.3 is 0 Å². The lowest BCUT2D eigenvalue weighted by Gasteiger charge is -2.02. The second-order valence-electron chi connectivity index (χ2n) is 2.64. The van der Waals surface area contributed by atoms with Crippen molar-refractivity contribution in [1.82, 2.24) is 4.98 Å². The maximum atomic E-state index is 8.53. The van der Waals surface area contributed by atoms with Gasteiger partial charge in [0.1, 0.15) is 0 Å². The Bertz CT molecular complexity index is 357. The molecule has 0 N–H and O–H groups in total. The maximum absolute atomic E-state index is 8.53. The van der Waals surface area contributed by atoms with Crippen LogP contribution in [0.25, 0.3) is 0 Å². The third-order valence-electron chi connectivity index (χ3n) is 1.78. The zero-order valence-electron chi connectivity index (χ0n) is 7.20. The number of nitriles is 2. The van der Waals surface area contributed by atoms with Crippen molar-refractivity contribution in [2.45, 2.75) is 19.3 Å². The molecule has 0 aliphatic carbocycles. The predicted molar refractivity (Wildman–Crippen MR) is 47.5 cm³/mol. The predicted octanol–water partition coefficient (Wildman–Crippen LogP) is 1.60. The summed E-state index contributed by atoms with van der Waals surface area (Å²) in [4.78, 5) is 3.96. The Hall–Kier alpha value is -1.87. The fourth-order valence-corrected chi connectivity index (χ4v) is 1.13. The van der Waals surface area contributed by atoms with Crippen molar-refractivity contribution >= 4 is 0 Å². The van der Waals surface area contributed by atoms with Crippen molar-refractivity contribution in [3.8, 4) is 12.1 Å². The summed E-state index contributed by atoms with van der Waals surface area (Å²) >= 11 is 0. The molecule has 3 nitrogen and oxygen atoms in total. The molecule has 0 unspecified atom stereocenters. The zero-order chi connectivity index (χ0) is 9.52. The van der Waals surface area contributed by atoms with E-state index >= 15 is 0 Å². The molecule has 0 atom stereocenters. The first-order valence-electron chi connectivity index (χ1n) is 4.04. The molecule has 1 heterocycles. The van der Waals surface area contributed by atoms with Crippen LogP contribution in [0.4, 0.5) is 0 Å². The minimum absolute atomic E-state index is 0.392. The van der Waals surface area contributed by atoms with Crippen LogP contribution in [0, 0.1) is 22.7 Å². The van der Waals surface area contributed by atoms with Crippen LogP contribution in [0.1, 0.15) is 17.5 Å². The Morgan fingerprint density at radius 2 is 2.08 bits per heavy atom. The van der Waals surface area contributed by atoms with Gasteiger partial charge in [0.2, 0.25) is 0 Å². The lowest BCUT2D eigenvalue weighted by atomic mass is 10.0. The van der Waals surface area contributed by atoms with Gasteiger partial charge in [0, 0.05) is 18.8 Å². The van der Waals surface area contributed by atoms with Crippen LogP contribution in [0.15, 0.2) is 18.5 Å². The molecular formula is C10H9N3. The van der Waals surface area contributed by atoms with Crippen molar-refractivity contribution < 1.29 is 0 Å². The van der Waals surface area contributed by atoms with E-state index in [9.17, 15) is 0 Å². The summed E-state index contributed by atoms with van der Waals surface area (Å²) in [5.74, 6) is 0. The molecule has 1 aromatic rings. The molecule has 0 amide bonds. The molecule has 0 aliphatic rings. The molecule has 0 spiro atoms. The summed E-state index contributed by atoms with van der Waals surface area (Å²) in [5, 5.41) is 16.9. The second kappa shape index (κ2) is 4.90. The standard InChI is InChI=1S/C10H9N3/c11-5-1-2-10-8-13-7-4-9(10)3-6-12/h4,7-8H,1-3H2. The van der Waals surface area contributed by atoms with Crippen LogP contribution in [0.2, 0.25) is 0 Å². The van der Waals surface area contributed by atoms with E-state index in [1.807, 2.05) is 6.07 Å². The normalized spacial score (nSPS) is 8.77. The fourth-order valence-electron chi connectivity index (χ4n) is 1.13. The molecule has 0 bridgehead atoms. The Morgan fingerprint density at radius 3 is 2.77 bits per heavy atom. The van der Waals surface area contributed by atoms with Crippen molar-refractivity contribution in [3.05, 3.63) is 29.6 Å². The zero-order valence-corrected chi connectivity index (χ0v) is 7.20. The molecule has 1 aromatic heterocycles.